The Hall–Kier alpha value is -2.07. The average Bonchev–Trinajstić information content (AvgIpc) is 3.31. The quantitative estimate of drug-likeness (QED) is 0.295. The monoisotopic (exact) mass is 500 g/mol. The van der Waals surface area contributed by atoms with Crippen LogP contribution >= 0.6 is 35.6 Å². The van der Waals surface area contributed by atoms with E-state index in [9.17, 15) is 0 Å². The van der Waals surface area contributed by atoms with Crippen LogP contribution in [0.4, 0.5) is 0 Å². The first-order valence-electron chi connectivity index (χ1n) is 8.46. The van der Waals surface area contributed by atoms with E-state index in [1.807, 2.05) is 43.6 Å². The number of guanidine groups is 1. The lowest BCUT2D eigenvalue weighted by Crippen LogP contribution is -2.38. The molecule has 2 aromatic heterocycles. The molecule has 0 saturated heterocycles. The van der Waals surface area contributed by atoms with Crippen LogP contribution in [0, 0.1) is 0 Å². The standard InChI is InChI=1S/C18H21ClN6O.HI/c1-2-20-18(21-8-11-25-9-3-4-10-25)22-13-16-23-17(24-26-16)14-6-5-7-15(19)12-14;/h3-7,9-10,12H,2,8,11,13H2,1H3,(H2,20,21,22);1H. The second kappa shape index (κ2) is 10.9. The van der Waals surface area contributed by atoms with Crippen molar-refractivity contribution in [1.29, 1.82) is 0 Å². The van der Waals surface area contributed by atoms with Crippen molar-refractivity contribution >= 4 is 41.5 Å². The van der Waals surface area contributed by atoms with Gasteiger partial charge in [0.15, 0.2) is 5.96 Å². The summed E-state index contributed by atoms with van der Waals surface area (Å²) in [7, 11) is 0. The fourth-order valence-corrected chi connectivity index (χ4v) is 2.57. The number of hydrogen-bond acceptors (Lipinski definition) is 4. The second-order valence-corrected chi connectivity index (χ2v) is 6.00. The minimum atomic E-state index is 0. The van der Waals surface area contributed by atoms with Crippen molar-refractivity contribution in [2.24, 2.45) is 4.99 Å². The molecule has 0 radical (unpaired) electrons. The van der Waals surface area contributed by atoms with Crippen LogP contribution in [0.2, 0.25) is 5.02 Å². The van der Waals surface area contributed by atoms with Crippen molar-refractivity contribution in [3.05, 3.63) is 59.7 Å². The summed E-state index contributed by atoms with van der Waals surface area (Å²) in [5.74, 6) is 1.66. The van der Waals surface area contributed by atoms with Crippen molar-refractivity contribution in [3.8, 4) is 11.4 Å². The molecule has 0 saturated carbocycles. The van der Waals surface area contributed by atoms with Gasteiger partial charge in [-0.3, -0.25) is 0 Å². The maximum atomic E-state index is 6.00. The first kappa shape index (κ1) is 21.2. The van der Waals surface area contributed by atoms with Gasteiger partial charge >= 0.3 is 0 Å². The van der Waals surface area contributed by atoms with Crippen LogP contribution in [0.3, 0.4) is 0 Å². The summed E-state index contributed by atoms with van der Waals surface area (Å²) < 4.78 is 7.38. The summed E-state index contributed by atoms with van der Waals surface area (Å²) in [4.78, 5) is 8.86. The predicted molar refractivity (Wildman–Crippen MR) is 117 cm³/mol. The van der Waals surface area contributed by atoms with Crippen molar-refractivity contribution in [3.63, 3.8) is 0 Å². The number of nitrogens with zero attached hydrogens (tertiary/aromatic N) is 4. The predicted octanol–water partition coefficient (Wildman–Crippen LogP) is 3.56. The minimum absolute atomic E-state index is 0. The molecule has 7 nitrogen and oxygen atoms in total. The third kappa shape index (κ3) is 6.55. The van der Waals surface area contributed by atoms with Crippen molar-refractivity contribution in [2.75, 3.05) is 13.1 Å². The molecular weight excluding hydrogens is 479 g/mol. The van der Waals surface area contributed by atoms with Gasteiger partial charge in [0.2, 0.25) is 11.7 Å². The third-order valence-corrected chi connectivity index (χ3v) is 3.83. The topological polar surface area (TPSA) is 80.3 Å². The largest absolute Gasteiger partial charge is 0.357 e. The van der Waals surface area contributed by atoms with E-state index in [2.05, 4.69) is 30.3 Å². The Morgan fingerprint density at radius 1 is 1.22 bits per heavy atom. The fourth-order valence-electron chi connectivity index (χ4n) is 2.37. The normalized spacial score (nSPS) is 11.1. The van der Waals surface area contributed by atoms with Crippen LogP contribution < -0.4 is 10.6 Å². The van der Waals surface area contributed by atoms with E-state index >= 15 is 0 Å². The van der Waals surface area contributed by atoms with Crippen LogP contribution in [0.25, 0.3) is 11.4 Å². The molecule has 2 N–H and O–H groups in total. The second-order valence-electron chi connectivity index (χ2n) is 5.56. The Bertz CT molecular complexity index is 849. The molecule has 0 fully saturated rings. The molecule has 2 heterocycles. The summed E-state index contributed by atoms with van der Waals surface area (Å²) in [6.45, 7) is 4.71. The molecule has 0 atom stereocenters. The number of aliphatic imine (C=N–C) groups is 1. The number of benzene rings is 1. The number of aromatic nitrogens is 3. The highest BCUT2D eigenvalue weighted by atomic mass is 127. The molecule has 144 valence electrons. The molecule has 0 bridgehead atoms. The van der Waals surface area contributed by atoms with E-state index in [1.54, 1.807) is 12.1 Å². The Morgan fingerprint density at radius 2 is 2.04 bits per heavy atom. The highest BCUT2D eigenvalue weighted by molar-refractivity contribution is 14.0. The summed E-state index contributed by atoms with van der Waals surface area (Å²) >= 11 is 6.00. The SMILES string of the molecule is CCNC(=NCc1nc(-c2cccc(Cl)c2)no1)NCCn1cccc1.I. The Kier molecular flexibility index (Phi) is 8.59. The van der Waals surface area contributed by atoms with Gasteiger partial charge in [-0.15, -0.1) is 24.0 Å². The Morgan fingerprint density at radius 3 is 2.78 bits per heavy atom. The lowest BCUT2D eigenvalue weighted by atomic mass is 10.2. The van der Waals surface area contributed by atoms with Gasteiger partial charge in [0.05, 0.1) is 0 Å². The molecule has 0 amide bonds. The van der Waals surface area contributed by atoms with Crippen molar-refractivity contribution in [1.82, 2.24) is 25.3 Å². The number of halogens is 2. The maximum Gasteiger partial charge on any atom is 0.248 e. The van der Waals surface area contributed by atoms with Crippen LogP contribution in [0.5, 0.6) is 0 Å². The zero-order valence-corrected chi connectivity index (χ0v) is 18.0. The Balaban J connectivity index is 0.00000261. The molecule has 3 aromatic rings. The molecule has 0 aliphatic carbocycles. The maximum absolute atomic E-state index is 6.00. The molecular formula is C18H22ClIN6O. The van der Waals surface area contributed by atoms with Gasteiger partial charge < -0.3 is 19.7 Å². The number of hydrogen-bond donors (Lipinski definition) is 2. The van der Waals surface area contributed by atoms with E-state index in [0.29, 0.717) is 29.2 Å². The van der Waals surface area contributed by atoms with Crippen LogP contribution in [-0.2, 0) is 13.1 Å². The molecule has 9 heteroatoms. The third-order valence-electron chi connectivity index (χ3n) is 3.60. The van der Waals surface area contributed by atoms with E-state index < -0.39 is 0 Å². The molecule has 0 aliphatic rings. The van der Waals surface area contributed by atoms with Gasteiger partial charge in [0.1, 0.15) is 6.54 Å². The van der Waals surface area contributed by atoms with Crippen LogP contribution in [0.15, 0.2) is 58.3 Å². The van der Waals surface area contributed by atoms with E-state index in [1.165, 1.54) is 0 Å². The molecule has 3 rings (SSSR count). The Labute approximate surface area is 180 Å². The van der Waals surface area contributed by atoms with E-state index in [0.717, 1.165) is 25.2 Å². The smallest absolute Gasteiger partial charge is 0.248 e. The first-order valence-corrected chi connectivity index (χ1v) is 8.84. The average molecular weight is 501 g/mol. The summed E-state index contributed by atoms with van der Waals surface area (Å²) in [5, 5.41) is 11.1. The van der Waals surface area contributed by atoms with Gasteiger partial charge in [0.25, 0.3) is 0 Å². The zero-order valence-electron chi connectivity index (χ0n) is 14.9. The zero-order chi connectivity index (χ0) is 18.2. The van der Waals surface area contributed by atoms with Crippen molar-refractivity contribution in [2.45, 2.75) is 20.0 Å². The van der Waals surface area contributed by atoms with E-state index in [-0.39, 0.29) is 24.0 Å². The minimum Gasteiger partial charge on any atom is -0.357 e. The first-order chi connectivity index (χ1) is 12.7. The summed E-state index contributed by atoms with van der Waals surface area (Å²) in [6.07, 6.45) is 4.06. The number of nitrogens with one attached hydrogen (secondary N) is 2. The summed E-state index contributed by atoms with van der Waals surface area (Å²) in [5.41, 5.74) is 0.813. The van der Waals surface area contributed by atoms with Gasteiger partial charge in [0, 0.05) is 42.6 Å². The molecule has 0 spiro atoms. The summed E-state index contributed by atoms with van der Waals surface area (Å²) in [6, 6.07) is 11.4. The fraction of sp³-hybridized carbons (Fsp3) is 0.278. The molecule has 1 aromatic carbocycles. The van der Waals surface area contributed by atoms with Crippen molar-refractivity contribution < 1.29 is 4.52 Å². The lowest BCUT2D eigenvalue weighted by molar-refractivity contribution is 0.380. The van der Waals surface area contributed by atoms with Gasteiger partial charge in [-0.1, -0.05) is 28.9 Å². The highest BCUT2D eigenvalue weighted by Crippen LogP contribution is 2.19. The van der Waals surface area contributed by atoms with E-state index in [4.69, 9.17) is 16.1 Å². The molecule has 27 heavy (non-hydrogen) atoms. The van der Waals surface area contributed by atoms with Gasteiger partial charge in [-0.2, -0.15) is 4.98 Å². The lowest BCUT2D eigenvalue weighted by Gasteiger charge is -2.11. The molecule has 0 unspecified atom stereocenters. The van der Waals surface area contributed by atoms with Gasteiger partial charge in [-0.25, -0.2) is 4.99 Å². The van der Waals surface area contributed by atoms with Crippen LogP contribution in [0.1, 0.15) is 12.8 Å². The number of rotatable bonds is 7. The molecule has 0 aliphatic heterocycles. The van der Waals surface area contributed by atoms with Gasteiger partial charge in [-0.05, 0) is 31.2 Å². The van der Waals surface area contributed by atoms with Crippen LogP contribution in [-0.4, -0.2) is 33.8 Å². The highest BCUT2D eigenvalue weighted by Gasteiger charge is 2.09.